The number of nitrogens with one attached hydrogen (secondary N) is 1. The lowest BCUT2D eigenvalue weighted by molar-refractivity contribution is 0.117. The predicted octanol–water partition coefficient (Wildman–Crippen LogP) is 0.504. The largest absolute Gasteiger partial charge is 0.374 e. The molecule has 0 aliphatic carbocycles. The Bertz CT molecular complexity index is 237. The average molecular weight is 185 g/mol. The number of aryl methyl sites for hydroxylation is 1. The van der Waals surface area contributed by atoms with Gasteiger partial charge in [0.1, 0.15) is 11.4 Å². The van der Waals surface area contributed by atoms with Crippen LogP contribution in [0.2, 0.25) is 0 Å². The van der Waals surface area contributed by atoms with E-state index in [1.165, 1.54) is 0 Å². The van der Waals surface area contributed by atoms with Crippen molar-refractivity contribution in [3.63, 3.8) is 0 Å². The van der Waals surface area contributed by atoms with Gasteiger partial charge in [-0.25, -0.2) is 4.63 Å². The van der Waals surface area contributed by atoms with Crippen molar-refractivity contribution in [3.8, 4) is 0 Å². The molecule has 13 heavy (non-hydrogen) atoms. The molecule has 0 aliphatic rings. The number of hydrogen-bond donors (Lipinski definition) is 1. The van der Waals surface area contributed by atoms with Crippen LogP contribution in [-0.4, -0.2) is 30.0 Å². The Morgan fingerprint density at radius 1 is 1.46 bits per heavy atom. The number of rotatable bonds is 6. The summed E-state index contributed by atoms with van der Waals surface area (Å²) in [5.74, 6) is 0. The van der Waals surface area contributed by atoms with Crippen molar-refractivity contribution in [1.82, 2.24) is 15.6 Å². The summed E-state index contributed by atoms with van der Waals surface area (Å²) in [5, 5.41) is 10.5. The molecule has 0 atom stereocenters. The fourth-order valence-corrected chi connectivity index (χ4v) is 0.870. The average Bonchev–Trinajstić information content (AvgIpc) is 2.52. The predicted molar refractivity (Wildman–Crippen MR) is 47.2 cm³/mol. The maximum Gasteiger partial charge on any atom is 0.133 e. The fourth-order valence-electron chi connectivity index (χ4n) is 0.870. The molecule has 0 fully saturated rings. The first-order chi connectivity index (χ1) is 6.34. The third kappa shape index (κ3) is 3.52. The number of likely N-dealkylation sites (N-methyl/N-ethyl adjacent to an activating group) is 1. The number of ether oxygens (including phenoxy) is 1. The van der Waals surface area contributed by atoms with Crippen LogP contribution in [0.1, 0.15) is 18.3 Å². The number of hydrogen-bond acceptors (Lipinski definition) is 5. The monoisotopic (exact) mass is 185 g/mol. The van der Waals surface area contributed by atoms with E-state index in [-0.39, 0.29) is 0 Å². The van der Waals surface area contributed by atoms with E-state index >= 15 is 0 Å². The molecule has 0 saturated heterocycles. The molecule has 0 aliphatic heterocycles. The molecule has 0 saturated carbocycles. The van der Waals surface area contributed by atoms with Crippen LogP contribution in [0.25, 0.3) is 0 Å². The van der Waals surface area contributed by atoms with E-state index in [1.54, 1.807) is 0 Å². The van der Waals surface area contributed by atoms with Gasteiger partial charge in [-0.2, -0.15) is 0 Å². The SMILES string of the molecule is CCNCCOCc1nonc1C. The first kappa shape index (κ1) is 10.1. The van der Waals surface area contributed by atoms with E-state index in [0.717, 1.165) is 24.5 Å². The fraction of sp³-hybridized carbons (Fsp3) is 0.750. The summed E-state index contributed by atoms with van der Waals surface area (Å²) >= 11 is 0. The second-order valence-electron chi connectivity index (χ2n) is 2.70. The molecule has 1 rings (SSSR count). The highest BCUT2D eigenvalue weighted by atomic mass is 16.6. The van der Waals surface area contributed by atoms with Gasteiger partial charge in [0.05, 0.1) is 13.2 Å². The summed E-state index contributed by atoms with van der Waals surface area (Å²) in [4.78, 5) is 0. The van der Waals surface area contributed by atoms with Crippen LogP contribution in [-0.2, 0) is 11.3 Å². The molecule has 0 amide bonds. The zero-order valence-electron chi connectivity index (χ0n) is 8.04. The second-order valence-corrected chi connectivity index (χ2v) is 2.70. The Balaban J connectivity index is 2.10. The number of aromatic nitrogens is 2. The number of nitrogens with zero attached hydrogens (tertiary/aromatic N) is 2. The normalized spacial score (nSPS) is 10.6. The zero-order valence-corrected chi connectivity index (χ0v) is 8.04. The topological polar surface area (TPSA) is 60.2 Å². The summed E-state index contributed by atoms with van der Waals surface area (Å²) in [6, 6.07) is 0. The standard InChI is InChI=1S/C8H15N3O2/c1-3-9-4-5-12-6-8-7(2)10-13-11-8/h9H,3-6H2,1-2H3. The van der Waals surface area contributed by atoms with Gasteiger partial charge in [-0.3, -0.25) is 0 Å². The smallest absolute Gasteiger partial charge is 0.133 e. The van der Waals surface area contributed by atoms with Crippen molar-refractivity contribution in [3.05, 3.63) is 11.4 Å². The van der Waals surface area contributed by atoms with Gasteiger partial charge >= 0.3 is 0 Å². The van der Waals surface area contributed by atoms with Crippen molar-refractivity contribution >= 4 is 0 Å². The minimum Gasteiger partial charge on any atom is -0.374 e. The third-order valence-corrected chi connectivity index (χ3v) is 1.66. The van der Waals surface area contributed by atoms with Crippen LogP contribution in [0.15, 0.2) is 4.63 Å². The lowest BCUT2D eigenvalue weighted by atomic mass is 10.4. The van der Waals surface area contributed by atoms with Crippen molar-refractivity contribution in [2.75, 3.05) is 19.7 Å². The van der Waals surface area contributed by atoms with Gasteiger partial charge in [0.2, 0.25) is 0 Å². The van der Waals surface area contributed by atoms with Crippen LogP contribution < -0.4 is 5.32 Å². The van der Waals surface area contributed by atoms with Gasteiger partial charge in [-0.1, -0.05) is 17.2 Å². The van der Waals surface area contributed by atoms with Gasteiger partial charge in [0.25, 0.3) is 0 Å². The quantitative estimate of drug-likeness (QED) is 0.654. The Hall–Kier alpha value is -0.940. The summed E-state index contributed by atoms with van der Waals surface area (Å²) in [5.41, 5.74) is 1.57. The highest BCUT2D eigenvalue weighted by Gasteiger charge is 2.03. The van der Waals surface area contributed by atoms with Gasteiger partial charge < -0.3 is 10.1 Å². The summed E-state index contributed by atoms with van der Waals surface area (Å²) in [6.07, 6.45) is 0. The highest BCUT2D eigenvalue weighted by molar-refractivity contribution is 5.02. The maximum absolute atomic E-state index is 5.34. The minimum atomic E-state index is 0.473. The minimum absolute atomic E-state index is 0.473. The first-order valence-electron chi connectivity index (χ1n) is 4.41. The third-order valence-electron chi connectivity index (χ3n) is 1.66. The van der Waals surface area contributed by atoms with Crippen molar-refractivity contribution in [2.24, 2.45) is 0 Å². The second kappa shape index (κ2) is 5.66. The molecular weight excluding hydrogens is 170 g/mol. The molecule has 1 aromatic rings. The zero-order chi connectivity index (χ0) is 9.52. The van der Waals surface area contributed by atoms with Crippen molar-refractivity contribution < 1.29 is 9.37 Å². The Kier molecular flexibility index (Phi) is 4.42. The lowest BCUT2D eigenvalue weighted by Crippen LogP contribution is -2.18. The Morgan fingerprint density at radius 2 is 2.31 bits per heavy atom. The van der Waals surface area contributed by atoms with Gasteiger partial charge in [-0.15, -0.1) is 0 Å². The van der Waals surface area contributed by atoms with Crippen LogP contribution in [0.3, 0.4) is 0 Å². The Morgan fingerprint density at radius 3 is 2.92 bits per heavy atom. The highest BCUT2D eigenvalue weighted by Crippen LogP contribution is 2.01. The Labute approximate surface area is 77.4 Å². The summed E-state index contributed by atoms with van der Waals surface area (Å²) in [6.45, 7) is 6.89. The maximum atomic E-state index is 5.34. The molecule has 74 valence electrons. The molecule has 0 aromatic carbocycles. The molecule has 0 radical (unpaired) electrons. The van der Waals surface area contributed by atoms with Crippen LogP contribution in [0.4, 0.5) is 0 Å². The van der Waals surface area contributed by atoms with Crippen LogP contribution in [0, 0.1) is 6.92 Å². The van der Waals surface area contributed by atoms with E-state index in [2.05, 4.69) is 27.2 Å². The van der Waals surface area contributed by atoms with Crippen molar-refractivity contribution in [2.45, 2.75) is 20.5 Å². The molecule has 1 N–H and O–H groups in total. The van der Waals surface area contributed by atoms with Gasteiger partial charge in [0.15, 0.2) is 0 Å². The first-order valence-corrected chi connectivity index (χ1v) is 4.41. The molecule has 0 unspecified atom stereocenters. The van der Waals surface area contributed by atoms with Crippen LogP contribution in [0.5, 0.6) is 0 Å². The molecule has 1 heterocycles. The molecule has 5 nitrogen and oxygen atoms in total. The lowest BCUT2D eigenvalue weighted by Gasteiger charge is -2.01. The van der Waals surface area contributed by atoms with E-state index < -0.39 is 0 Å². The molecular formula is C8H15N3O2. The van der Waals surface area contributed by atoms with Gasteiger partial charge in [-0.05, 0) is 13.5 Å². The summed E-state index contributed by atoms with van der Waals surface area (Å²) in [7, 11) is 0. The molecule has 1 aromatic heterocycles. The van der Waals surface area contributed by atoms with E-state index in [0.29, 0.717) is 13.2 Å². The molecule has 0 bridgehead atoms. The van der Waals surface area contributed by atoms with E-state index in [4.69, 9.17) is 4.74 Å². The van der Waals surface area contributed by atoms with Crippen LogP contribution >= 0.6 is 0 Å². The molecule has 5 heteroatoms. The van der Waals surface area contributed by atoms with E-state index in [1.807, 2.05) is 6.92 Å². The van der Waals surface area contributed by atoms with Gasteiger partial charge in [0, 0.05) is 6.54 Å². The summed E-state index contributed by atoms with van der Waals surface area (Å²) < 4.78 is 9.86. The van der Waals surface area contributed by atoms with E-state index in [9.17, 15) is 0 Å². The van der Waals surface area contributed by atoms with Crippen molar-refractivity contribution in [1.29, 1.82) is 0 Å². The molecule has 0 spiro atoms.